The van der Waals surface area contributed by atoms with Gasteiger partial charge in [-0.2, -0.15) is 18.2 Å². The molecule has 1 amide bonds. The lowest BCUT2D eigenvalue weighted by molar-refractivity contribution is -0.145. The van der Waals surface area contributed by atoms with Gasteiger partial charge in [0.2, 0.25) is 17.7 Å². The average molecular weight is 567 g/mol. The van der Waals surface area contributed by atoms with E-state index in [2.05, 4.69) is 25.3 Å². The molecule has 1 unspecified atom stereocenters. The molecule has 1 N–H and O–H groups in total. The maximum atomic E-state index is 14.0. The lowest BCUT2D eigenvalue weighted by Gasteiger charge is -2.42. The molecule has 210 valence electrons. The Morgan fingerprint density at radius 3 is 2.59 bits per heavy atom. The summed E-state index contributed by atoms with van der Waals surface area (Å²) in [5, 5.41) is 3.19. The van der Waals surface area contributed by atoms with Crippen molar-refractivity contribution >= 4 is 23.4 Å². The molecular weight excluding hydrogens is 544 g/mol. The van der Waals surface area contributed by atoms with Crippen molar-refractivity contribution in [2.75, 3.05) is 28.7 Å². The van der Waals surface area contributed by atoms with E-state index in [0.717, 1.165) is 30.1 Å². The van der Waals surface area contributed by atoms with Crippen molar-refractivity contribution in [2.24, 2.45) is 0 Å². The topological polar surface area (TPSA) is 109 Å². The van der Waals surface area contributed by atoms with Crippen LogP contribution >= 0.6 is 0 Å². The fraction of sp³-hybridized carbons (Fsp3) is 0.259. The van der Waals surface area contributed by atoms with Gasteiger partial charge < -0.3 is 19.9 Å². The second kappa shape index (κ2) is 10.3. The number of hydrogen-bond donors (Lipinski definition) is 1. The second-order valence-corrected chi connectivity index (χ2v) is 9.53. The van der Waals surface area contributed by atoms with Gasteiger partial charge in [-0.15, -0.1) is 0 Å². The average Bonchev–Trinajstić information content (AvgIpc) is 2.95. The van der Waals surface area contributed by atoms with Gasteiger partial charge in [-0.1, -0.05) is 18.2 Å². The lowest BCUT2D eigenvalue weighted by Crippen LogP contribution is -2.49. The zero-order chi connectivity index (χ0) is 28.7. The Hall–Kier alpha value is -4.88. The number of nitrogens with one attached hydrogen (secondary N) is 1. The molecule has 10 nitrogen and oxygen atoms in total. The van der Waals surface area contributed by atoms with Crippen LogP contribution in [-0.4, -0.2) is 44.4 Å². The van der Waals surface area contributed by atoms with E-state index in [1.165, 1.54) is 12.1 Å². The third kappa shape index (κ3) is 5.19. The van der Waals surface area contributed by atoms with Crippen molar-refractivity contribution in [2.45, 2.75) is 31.6 Å². The van der Waals surface area contributed by atoms with E-state index < -0.39 is 23.9 Å². The summed E-state index contributed by atoms with van der Waals surface area (Å²) in [6.45, 7) is 0.849. The van der Waals surface area contributed by atoms with E-state index >= 15 is 0 Å². The number of aromatic nitrogens is 5. The molecule has 14 heteroatoms. The number of likely N-dealkylation sites (N-methyl/N-ethyl adjacent to an activating group) is 1. The lowest BCUT2D eigenvalue weighted by atomic mass is 9.97. The molecule has 3 aromatic heterocycles. The quantitative estimate of drug-likeness (QED) is 0.333. The number of aryl methyl sites for hydroxylation is 1. The minimum Gasteiger partial charge on any atom is -0.436 e. The Morgan fingerprint density at radius 1 is 1.07 bits per heavy atom. The molecular formula is C27H22F4N8O2. The van der Waals surface area contributed by atoms with Gasteiger partial charge in [0.1, 0.15) is 17.5 Å². The van der Waals surface area contributed by atoms with Crippen molar-refractivity contribution in [1.82, 2.24) is 24.9 Å². The highest BCUT2D eigenvalue weighted by Gasteiger charge is 2.42. The summed E-state index contributed by atoms with van der Waals surface area (Å²) < 4.78 is 57.4. The van der Waals surface area contributed by atoms with Gasteiger partial charge in [-0.05, 0) is 36.1 Å². The number of carbonyl (C=O) groups is 1. The summed E-state index contributed by atoms with van der Waals surface area (Å²) in [4.78, 5) is 37.0. The van der Waals surface area contributed by atoms with Gasteiger partial charge >= 0.3 is 6.18 Å². The Kier molecular flexibility index (Phi) is 6.59. The number of carbonyl (C=O) groups excluding carboxylic acids is 1. The summed E-state index contributed by atoms with van der Waals surface area (Å²) in [5.74, 6) is -0.715. The molecule has 0 aliphatic carbocycles. The molecule has 0 fully saturated rings. The first-order valence-electron chi connectivity index (χ1n) is 12.6. The summed E-state index contributed by atoms with van der Waals surface area (Å²) >= 11 is 0. The summed E-state index contributed by atoms with van der Waals surface area (Å²) in [7, 11) is 1.76. The number of amides is 1. The van der Waals surface area contributed by atoms with Crippen LogP contribution in [0.5, 0.6) is 11.6 Å². The monoisotopic (exact) mass is 566 g/mol. The fourth-order valence-electron chi connectivity index (χ4n) is 4.87. The van der Waals surface area contributed by atoms with Gasteiger partial charge in [0, 0.05) is 32.4 Å². The normalized spacial score (nSPS) is 16.4. The van der Waals surface area contributed by atoms with Crippen LogP contribution in [0, 0.1) is 5.82 Å². The van der Waals surface area contributed by atoms with E-state index in [0.29, 0.717) is 42.5 Å². The Morgan fingerprint density at radius 2 is 1.88 bits per heavy atom. The minimum atomic E-state index is -4.64. The standard InChI is InChI=1S/C27H22F4N8O2/c1-38-21(16-4-2-5-17(28)10-16)24(40)39-9-3-6-19-22(39)23(38)37-26(36-19)35-12-15-7-8-20(32-11-15)41-18-13-33-25(34-14-18)27(29,30)31/h2,4-5,7-8,10-11,13-14,21H,3,6,9,12H2,1H3,(H,35,36,37). The maximum absolute atomic E-state index is 14.0. The molecule has 0 spiro atoms. The van der Waals surface area contributed by atoms with Crippen LogP contribution in [0.15, 0.2) is 55.0 Å². The van der Waals surface area contributed by atoms with Crippen molar-refractivity contribution in [3.63, 3.8) is 0 Å². The van der Waals surface area contributed by atoms with Crippen LogP contribution in [0.25, 0.3) is 0 Å². The largest absolute Gasteiger partial charge is 0.451 e. The first-order chi connectivity index (χ1) is 19.7. The van der Waals surface area contributed by atoms with E-state index in [1.54, 1.807) is 47.3 Å². The highest BCUT2D eigenvalue weighted by atomic mass is 19.4. The number of ether oxygens (including phenoxy) is 1. The van der Waals surface area contributed by atoms with E-state index in [-0.39, 0.29) is 17.5 Å². The highest BCUT2D eigenvalue weighted by Crippen LogP contribution is 2.44. The molecule has 0 bridgehead atoms. The Labute approximate surface area is 231 Å². The van der Waals surface area contributed by atoms with Crippen LogP contribution in [-0.2, 0) is 23.9 Å². The fourth-order valence-corrected chi connectivity index (χ4v) is 4.87. The Bertz CT molecular complexity index is 1600. The second-order valence-electron chi connectivity index (χ2n) is 9.53. The van der Waals surface area contributed by atoms with Crippen LogP contribution in [0.3, 0.4) is 0 Å². The maximum Gasteiger partial charge on any atom is 0.451 e. The summed E-state index contributed by atoms with van der Waals surface area (Å²) in [5.41, 5.74) is 2.73. The zero-order valence-corrected chi connectivity index (χ0v) is 21.6. The number of pyridine rings is 1. The molecule has 0 saturated heterocycles. The number of anilines is 3. The van der Waals surface area contributed by atoms with Crippen molar-refractivity contribution < 1.29 is 27.1 Å². The van der Waals surface area contributed by atoms with Gasteiger partial charge in [-0.3, -0.25) is 4.79 Å². The third-order valence-corrected chi connectivity index (χ3v) is 6.74. The van der Waals surface area contributed by atoms with E-state index in [9.17, 15) is 22.4 Å². The first-order valence-corrected chi connectivity index (χ1v) is 12.6. The summed E-state index contributed by atoms with van der Waals surface area (Å²) in [6.07, 6.45) is 0.184. The molecule has 4 aromatic rings. The number of halogens is 4. The minimum absolute atomic E-state index is 0.0148. The number of rotatable bonds is 6. The van der Waals surface area contributed by atoms with Crippen LogP contribution in [0.4, 0.5) is 35.0 Å². The van der Waals surface area contributed by atoms with E-state index in [4.69, 9.17) is 9.72 Å². The Balaban J connectivity index is 1.18. The number of hydrogen-bond acceptors (Lipinski definition) is 9. The molecule has 6 rings (SSSR count). The molecule has 41 heavy (non-hydrogen) atoms. The van der Waals surface area contributed by atoms with Gasteiger partial charge in [0.05, 0.1) is 18.1 Å². The first kappa shape index (κ1) is 26.3. The smallest absolute Gasteiger partial charge is 0.436 e. The predicted molar refractivity (Wildman–Crippen MR) is 139 cm³/mol. The van der Waals surface area contributed by atoms with Gasteiger partial charge in [0.25, 0.3) is 5.91 Å². The van der Waals surface area contributed by atoms with Gasteiger partial charge in [0.15, 0.2) is 11.6 Å². The third-order valence-electron chi connectivity index (χ3n) is 6.74. The molecule has 0 saturated carbocycles. The van der Waals surface area contributed by atoms with Crippen LogP contribution in [0.1, 0.15) is 35.1 Å². The molecule has 5 heterocycles. The molecule has 2 aliphatic rings. The van der Waals surface area contributed by atoms with Crippen molar-refractivity contribution in [1.29, 1.82) is 0 Å². The molecule has 2 aliphatic heterocycles. The summed E-state index contributed by atoms with van der Waals surface area (Å²) in [6, 6.07) is 8.58. The SMILES string of the molecule is CN1c2nc(NCc3ccc(Oc4cnc(C(F)(F)F)nc4)nc3)nc3c2N(CCC3)C(=O)C1c1cccc(F)c1. The number of alkyl halides is 3. The molecule has 1 aromatic carbocycles. The predicted octanol–water partition coefficient (Wildman–Crippen LogP) is 4.69. The number of nitrogens with zero attached hydrogens (tertiary/aromatic N) is 7. The molecule has 0 radical (unpaired) electrons. The number of benzene rings is 1. The van der Waals surface area contributed by atoms with Crippen molar-refractivity contribution in [3.8, 4) is 11.6 Å². The van der Waals surface area contributed by atoms with Crippen LogP contribution in [0.2, 0.25) is 0 Å². The highest BCUT2D eigenvalue weighted by molar-refractivity contribution is 6.06. The van der Waals surface area contributed by atoms with E-state index in [1.807, 2.05) is 0 Å². The van der Waals surface area contributed by atoms with Crippen molar-refractivity contribution in [3.05, 3.63) is 83.5 Å². The van der Waals surface area contributed by atoms with Gasteiger partial charge in [-0.25, -0.2) is 24.3 Å². The molecule has 1 atom stereocenters. The zero-order valence-electron chi connectivity index (χ0n) is 21.6. The van der Waals surface area contributed by atoms with Crippen LogP contribution < -0.4 is 19.9 Å².